The lowest BCUT2D eigenvalue weighted by atomic mass is 9.96. The molecule has 1 aliphatic rings. The third kappa shape index (κ3) is 2.37. The van der Waals surface area contributed by atoms with Gasteiger partial charge in [-0.25, -0.2) is 0 Å². The summed E-state index contributed by atoms with van der Waals surface area (Å²) >= 11 is 0. The standard InChI is InChI=1S/C19H20N4O/c1-12(19(20)24)23-10-9-17-16(11-23)18(22-21-17)15-8-4-6-13-5-2-3-7-14(13)15/h2-8,12H,9-11H2,1H3,(H2,20,24)(H,21,22)/t12-/m0/s1. The number of primary amides is 1. The zero-order chi connectivity index (χ0) is 16.7. The number of carbonyl (C=O) groups is 1. The molecule has 122 valence electrons. The molecule has 4 rings (SSSR count). The van der Waals surface area contributed by atoms with Crippen LogP contribution >= 0.6 is 0 Å². The van der Waals surface area contributed by atoms with Crippen molar-refractivity contribution in [1.29, 1.82) is 0 Å². The third-order valence-corrected chi connectivity index (χ3v) is 4.97. The number of nitrogens with two attached hydrogens (primary N) is 1. The van der Waals surface area contributed by atoms with Crippen LogP contribution in [-0.2, 0) is 17.8 Å². The molecule has 1 aromatic heterocycles. The Morgan fingerprint density at radius 1 is 1.25 bits per heavy atom. The molecule has 3 N–H and O–H groups in total. The topological polar surface area (TPSA) is 75.0 Å². The van der Waals surface area contributed by atoms with Crippen molar-refractivity contribution in [3.8, 4) is 11.3 Å². The Hall–Kier alpha value is -2.66. The second-order valence-electron chi connectivity index (χ2n) is 6.35. The lowest BCUT2D eigenvalue weighted by molar-refractivity contribution is -0.123. The van der Waals surface area contributed by atoms with Crippen LogP contribution in [0.3, 0.4) is 0 Å². The fraction of sp³-hybridized carbons (Fsp3) is 0.263. The summed E-state index contributed by atoms with van der Waals surface area (Å²) in [4.78, 5) is 13.7. The number of amides is 1. The van der Waals surface area contributed by atoms with E-state index < -0.39 is 0 Å². The van der Waals surface area contributed by atoms with Gasteiger partial charge in [0.2, 0.25) is 5.91 Å². The molecule has 24 heavy (non-hydrogen) atoms. The number of benzene rings is 2. The van der Waals surface area contributed by atoms with Crippen molar-refractivity contribution in [3.05, 3.63) is 53.7 Å². The van der Waals surface area contributed by atoms with Crippen molar-refractivity contribution in [2.75, 3.05) is 6.54 Å². The molecule has 1 amide bonds. The predicted molar refractivity (Wildman–Crippen MR) is 94.3 cm³/mol. The fourth-order valence-electron chi connectivity index (χ4n) is 3.48. The maximum atomic E-state index is 11.5. The average Bonchev–Trinajstić information content (AvgIpc) is 3.03. The molecule has 2 heterocycles. The number of rotatable bonds is 3. The molecule has 0 aliphatic carbocycles. The molecule has 0 unspecified atom stereocenters. The number of hydrogen-bond acceptors (Lipinski definition) is 3. The molecule has 2 aromatic carbocycles. The molecule has 5 nitrogen and oxygen atoms in total. The van der Waals surface area contributed by atoms with Gasteiger partial charge in [-0.3, -0.25) is 14.8 Å². The number of carbonyl (C=O) groups excluding carboxylic acids is 1. The highest BCUT2D eigenvalue weighted by molar-refractivity contribution is 5.96. The van der Waals surface area contributed by atoms with Gasteiger partial charge >= 0.3 is 0 Å². The molecule has 1 aliphatic heterocycles. The van der Waals surface area contributed by atoms with Crippen LogP contribution in [0.25, 0.3) is 22.0 Å². The van der Waals surface area contributed by atoms with Crippen LogP contribution in [0, 0.1) is 0 Å². The molecule has 0 spiro atoms. The van der Waals surface area contributed by atoms with Crippen LogP contribution in [0.15, 0.2) is 42.5 Å². The van der Waals surface area contributed by atoms with Crippen LogP contribution in [0.4, 0.5) is 0 Å². The SMILES string of the molecule is C[C@@H](C(N)=O)N1CCc2[nH]nc(-c3cccc4ccccc34)c2C1. The zero-order valence-electron chi connectivity index (χ0n) is 13.6. The van der Waals surface area contributed by atoms with Crippen molar-refractivity contribution in [3.63, 3.8) is 0 Å². The minimum Gasteiger partial charge on any atom is -0.368 e. The van der Waals surface area contributed by atoms with E-state index in [1.165, 1.54) is 16.3 Å². The average molecular weight is 320 g/mol. The minimum absolute atomic E-state index is 0.270. The summed E-state index contributed by atoms with van der Waals surface area (Å²) in [5.41, 5.74) is 9.91. The van der Waals surface area contributed by atoms with Crippen molar-refractivity contribution in [2.24, 2.45) is 5.73 Å². The lowest BCUT2D eigenvalue weighted by Gasteiger charge is -2.30. The van der Waals surface area contributed by atoms with E-state index in [-0.39, 0.29) is 11.9 Å². The zero-order valence-corrected chi connectivity index (χ0v) is 13.6. The first-order valence-corrected chi connectivity index (χ1v) is 8.23. The molecule has 0 radical (unpaired) electrons. The summed E-state index contributed by atoms with van der Waals surface area (Å²) in [6, 6.07) is 14.3. The maximum Gasteiger partial charge on any atom is 0.234 e. The molecule has 0 fully saturated rings. The fourth-order valence-corrected chi connectivity index (χ4v) is 3.48. The largest absolute Gasteiger partial charge is 0.368 e. The summed E-state index contributed by atoms with van der Waals surface area (Å²) in [6.45, 7) is 3.37. The molecule has 3 aromatic rings. The van der Waals surface area contributed by atoms with Crippen LogP contribution in [0.1, 0.15) is 18.2 Å². The smallest absolute Gasteiger partial charge is 0.234 e. The Morgan fingerprint density at radius 3 is 2.88 bits per heavy atom. The van der Waals surface area contributed by atoms with Gasteiger partial charge in [0.25, 0.3) is 0 Å². The first-order valence-electron chi connectivity index (χ1n) is 8.23. The van der Waals surface area contributed by atoms with Gasteiger partial charge in [-0.1, -0.05) is 42.5 Å². The number of aromatic amines is 1. The number of H-pyrrole nitrogens is 1. The first-order chi connectivity index (χ1) is 11.6. The van der Waals surface area contributed by atoms with Gasteiger partial charge in [0, 0.05) is 36.3 Å². The van der Waals surface area contributed by atoms with E-state index in [1.54, 1.807) is 0 Å². The van der Waals surface area contributed by atoms with E-state index in [0.29, 0.717) is 6.54 Å². The monoisotopic (exact) mass is 320 g/mol. The van der Waals surface area contributed by atoms with Gasteiger partial charge in [0.1, 0.15) is 0 Å². The van der Waals surface area contributed by atoms with Gasteiger partial charge in [-0.2, -0.15) is 5.10 Å². The van der Waals surface area contributed by atoms with Crippen LogP contribution < -0.4 is 5.73 Å². The van der Waals surface area contributed by atoms with Crippen molar-refractivity contribution in [2.45, 2.75) is 25.9 Å². The molecule has 5 heteroatoms. The van der Waals surface area contributed by atoms with Crippen LogP contribution in [-0.4, -0.2) is 33.6 Å². The van der Waals surface area contributed by atoms with Gasteiger partial charge in [0.15, 0.2) is 0 Å². The van der Waals surface area contributed by atoms with Gasteiger partial charge in [-0.15, -0.1) is 0 Å². The normalized spacial score (nSPS) is 16.0. The highest BCUT2D eigenvalue weighted by Gasteiger charge is 2.28. The van der Waals surface area contributed by atoms with Crippen molar-refractivity contribution < 1.29 is 4.79 Å². The molecular weight excluding hydrogens is 300 g/mol. The second kappa shape index (κ2) is 5.76. The Balaban J connectivity index is 1.79. The molecule has 0 saturated heterocycles. The van der Waals surface area contributed by atoms with Crippen LogP contribution in [0.2, 0.25) is 0 Å². The Bertz CT molecular complexity index is 909. The van der Waals surface area contributed by atoms with E-state index in [1.807, 2.05) is 19.1 Å². The lowest BCUT2D eigenvalue weighted by Crippen LogP contribution is -2.45. The van der Waals surface area contributed by atoms with Crippen molar-refractivity contribution in [1.82, 2.24) is 15.1 Å². The quantitative estimate of drug-likeness (QED) is 0.778. The van der Waals surface area contributed by atoms with Gasteiger partial charge in [-0.05, 0) is 17.7 Å². The summed E-state index contributed by atoms with van der Waals surface area (Å²) in [7, 11) is 0. The van der Waals surface area contributed by atoms with Crippen LogP contribution in [0.5, 0.6) is 0 Å². The van der Waals surface area contributed by atoms with E-state index in [4.69, 9.17) is 5.73 Å². The first kappa shape index (κ1) is 14.9. The number of fused-ring (bicyclic) bond motifs is 2. The van der Waals surface area contributed by atoms with E-state index in [2.05, 4.69) is 45.4 Å². The summed E-state index contributed by atoms with van der Waals surface area (Å²) in [5.74, 6) is -0.284. The van der Waals surface area contributed by atoms with Gasteiger partial charge in [0.05, 0.1) is 11.7 Å². The molecular formula is C19H20N4O. The Morgan fingerprint density at radius 2 is 2.04 bits per heavy atom. The Labute approximate surface area is 140 Å². The van der Waals surface area contributed by atoms with Gasteiger partial charge < -0.3 is 5.73 Å². The van der Waals surface area contributed by atoms with E-state index in [9.17, 15) is 4.79 Å². The number of nitrogens with zero attached hydrogens (tertiary/aromatic N) is 2. The molecule has 1 atom stereocenters. The van der Waals surface area contributed by atoms with E-state index in [0.717, 1.165) is 29.9 Å². The molecule has 0 saturated carbocycles. The summed E-state index contributed by atoms with van der Waals surface area (Å²) in [6.07, 6.45) is 0.852. The minimum atomic E-state index is -0.284. The Kier molecular flexibility index (Phi) is 3.58. The maximum absolute atomic E-state index is 11.5. The molecule has 0 bridgehead atoms. The number of hydrogen-bond donors (Lipinski definition) is 2. The predicted octanol–water partition coefficient (Wildman–Crippen LogP) is 2.46. The van der Waals surface area contributed by atoms with Crippen molar-refractivity contribution >= 4 is 16.7 Å². The third-order valence-electron chi connectivity index (χ3n) is 4.97. The number of nitrogens with one attached hydrogen (secondary N) is 1. The number of aromatic nitrogens is 2. The highest BCUT2D eigenvalue weighted by atomic mass is 16.1. The highest BCUT2D eigenvalue weighted by Crippen LogP contribution is 2.33. The summed E-state index contributed by atoms with van der Waals surface area (Å²) in [5, 5.41) is 10.2. The van der Waals surface area contributed by atoms with E-state index >= 15 is 0 Å². The summed E-state index contributed by atoms with van der Waals surface area (Å²) < 4.78 is 0. The second-order valence-corrected chi connectivity index (χ2v) is 6.35.